The first kappa shape index (κ1) is 19.1. The predicted molar refractivity (Wildman–Crippen MR) is 78.4 cm³/mol. The summed E-state index contributed by atoms with van der Waals surface area (Å²) < 4.78 is 93.1. The number of sulfonamides is 1. The van der Waals surface area contributed by atoms with E-state index < -0.39 is 39.3 Å². The van der Waals surface area contributed by atoms with Crippen molar-refractivity contribution in [3.8, 4) is 5.75 Å². The zero-order valence-electron chi connectivity index (χ0n) is 12.5. The number of rotatable bonds is 6. The van der Waals surface area contributed by atoms with Crippen LogP contribution in [0, 0.1) is 11.6 Å². The molecule has 1 N–H and O–H groups in total. The minimum Gasteiger partial charge on any atom is -0.484 e. The van der Waals surface area contributed by atoms with Crippen LogP contribution in [-0.4, -0.2) is 21.2 Å². The lowest BCUT2D eigenvalue weighted by molar-refractivity contribution is -0.153. The largest absolute Gasteiger partial charge is 0.484 e. The Hall–Kier alpha value is -2.20. The number of nitrogens with one attached hydrogen (secondary N) is 1. The number of hydrogen-bond donors (Lipinski definition) is 1. The maximum Gasteiger partial charge on any atom is 0.422 e. The molecular formula is C15H12F5NO3S. The molecule has 0 saturated carbocycles. The van der Waals surface area contributed by atoms with Crippen LogP contribution < -0.4 is 9.46 Å². The highest BCUT2D eigenvalue weighted by Gasteiger charge is 2.28. The average Bonchev–Trinajstić information content (AvgIpc) is 2.51. The zero-order valence-corrected chi connectivity index (χ0v) is 13.3. The first-order chi connectivity index (χ1) is 11.6. The summed E-state index contributed by atoms with van der Waals surface area (Å²) in [5.74, 6) is -2.18. The maximum absolute atomic E-state index is 13.5. The van der Waals surface area contributed by atoms with Crippen molar-refractivity contribution in [1.29, 1.82) is 0 Å². The van der Waals surface area contributed by atoms with Crippen LogP contribution in [0.25, 0.3) is 0 Å². The van der Waals surface area contributed by atoms with E-state index in [1.54, 1.807) is 0 Å². The molecule has 2 aromatic carbocycles. The third-order valence-electron chi connectivity index (χ3n) is 2.98. The van der Waals surface area contributed by atoms with Gasteiger partial charge < -0.3 is 4.74 Å². The van der Waals surface area contributed by atoms with E-state index in [2.05, 4.69) is 9.46 Å². The van der Waals surface area contributed by atoms with Gasteiger partial charge in [0.15, 0.2) is 6.61 Å². The number of alkyl halides is 3. The third kappa shape index (κ3) is 5.68. The van der Waals surface area contributed by atoms with E-state index in [4.69, 9.17) is 0 Å². The van der Waals surface area contributed by atoms with Crippen molar-refractivity contribution in [2.24, 2.45) is 0 Å². The molecule has 0 aliphatic carbocycles. The molecule has 4 nitrogen and oxygen atoms in total. The Balaban J connectivity index is 2.00. The van der Waals surface area contributed by atoms with Crippen LogP contribution in [0.1, 0.15) is 5.56 Å². The topological polar surface area (TPSA) is 55.4 Å². The smallest absolute Gasteiger partial charge is 0.422 e. The minimum atomic E-state index is -4.46. The van der Waals surface area contributed by atoms with Crippen molar-refractivity contribution in [1.82, 2.24) is 4.72 Å². The Morgan fingerprint density at radius 3 is 2.20 bits per heavy atom. The fourth-order valence-corrected chi connectivity index (χ4v) is 2.89. The Morgan fingerprint density at radius 1 is 1.00 bits per heavy atom. The van der Waals surface area contributed by atoms with Gasteiger partial charge in [-0.2, -0.15) is 13.2 Å². The molecule has 136 valence electrons. The van der Waals surface area contributed by atoms with Gasteiger partial charge in [-0.1, -0.05) is 12.1 Å². The van der Waals surface area contributed by atoms with Gasteiger partial charge in [-0.3, -0.25) is 0 Å². The zero-order chi connectivity index (χ0) is 18.7. The highest BCUT2D eigenvalue weighted by Crippen LogP contribution is 2.19. The molecule has 25 heavy (non-hydrogen) atoms. The van der Waals surface area contributed by atoms with Crippen LogP contribution in [-0.2, 0) is 16.6 Å². The van der Waals surface area contributed by atoms with Crippen LogP contribution in [0.3, 0.4) is 0 Å². The quantitative estimate of drug-likeness (QED) is 0.781. The summed E-state index contributed by atoms with van der Waals surface area (Å²) in [6.07, 6.45) is -4.46. The van der Waals surface area contributed by atoms with Crippen LogP contribution in [0.2, 0.25) is 0 Å². The van der Waals surface area contributed by atoms with E-state index >= 15 is 0 Å². The highest BCUT2D eigenvalue weighted by molar-refractivity contribution is 7.89. The number of ether oxygens (including phenoxy) is 1. The van der Waals surface area contributed by atoms with E-state index in [0.29, 0.717) is 11.6 Å². The molecule has 0 fully saturated rings. The molecule has 2 aromatic rings. The van der Waals surface area contributed by atoms with Gasteiger partial charge in [0.05, 0.1) is 0 Å². The Bertz CT molecular complexity index is 835. The second-order valence-corrected chi connectivity index (χ2v) is 6.68. The third-order valence-corrected chi connectivity index (χ3v) is 4.41. The van der Waals surface area contributed by atoms with Crippen LogP contribution >= 0.6 is 0 Å². The van der Waals surface area contributed by atoms with Gasteiger partial charge in [-0.05, 0) is 29.8 Å². The maximum atomic E-state index is 13.5. The lowest BCUT2D eigenvalue weighted by Crippen LogP contribution is -2.24. The summed E-state index contributed by atoms with van der Waals surface area (Å²) in [5.41, 5.74) is 0.408. The molecule has 0 atom stereocenters. The van der Waals surface area contributed by atoms with E-state index in [0.717, 1.165) is 12.1 Å². The van der Waals surface area contributed by atoms with E-state index in [1.165, 1.54) is 24.3 Å². The minimum absolute atomic E-state index is 0.0338. The SMILES string of the molecule is O=S(=O)(NCc1ccc(OCC(F)(F)F)cc1)c1ccc(F)cc1F. The lowest BCUT2D eigenvalue weighted by Gasteiger charge is -2.10. The molecule has 0 radical (unpaired) electrons. The van der Waals surface area contributed by atoms with Crippen LogP contribution in [0.4, 0.5) is 22.0 Å². The fourth-order valence-electron chi connectivity index (χ4n) is 1.82. The molecule has 10 heteroatoms. The monoisotopic (exact) mass is 381 g/mol. The van der Waals surface area contributed by atoms with Gasteiger partial charge in [0.25, 0.3) is 0 Å². The molecule has 0 aliphatic heterocycles. The second-order valence-electron chi connectivity index (χ2n) is 4.95. The molecule has 0 bridgehead atoms. The first-order valence-corrected chi connectivity index (χ1v) is 8.28. The van der Waals surface area contributed by atoms with Gasteiger partial charge in [0.1, 0.15) is 22.3 Å². The number of hydrogen-bond acceptors (Lipinski definition) is 3. The van der Waals surface area contributed by atoms with Gasteiger partial charge in [0, 0.05) is 12.6 Å². The Labute approximate surface area is 140 Å². The average molecular weight is 381 g/mol. The molecule has 0 amide bonds. The predicted octanol–water partition coefficient (Wildman–Crippen LogP) is 3.38. The number of benzene rings is 2. The second kappa shape index (κ2) is 7.36. The molecule has 0 unspecified atom stereocenters. The fraction of sp³-hybridized carbons (Fsp3) is 0.200. The van der Waals surface area contributed by atoms with Gasteiger partial charge >= 0.3 is 6.18 Å². The molecule has 0 aliphatic rings. The summed E-state index contributed by atoms with van der Waals surface area (Å²) in [5, 5.41) is 0. The van der Waals surface area contributed by atoms with E-state index in [-0.39, 0.29) is 12.3 Å². The molecule has 0 heterocycles. The molecule has 0 aromatic heterocycles. The molecule has 0 spiro atoms. The molecular weight excluding hydrogens is 369 g/mol. The molecule has 0 saturated heterocycles. The van der Waals surface area contributed by atoms with Crippen molar-refractivity contribution >= 4 is 10.0 Å². The van der Waals surface area contributed by atoms with Crippen molar-refractivity contribution in [3.63, 3.8) is 0 Å². The van der Waals surface area contributed by atoms with Crippen molar-refractivity contribution in [2.75, 3.05) is 6.61 Å². The Kier molecular flexibility index (Phi) is 5.63. The standard InChI is InChI=1S/C15H12F5NO3S/c16-11-3-6-14(13(17)7-11)25(22,23)21-8-10-1-4-12(5-2-10)24-9-15(18,19)20/h1-7,21H,8-9H2. The van der Waals surface area contributed by atoms with E-state index in [1.807, 2.05) is 0 Å². The first-order valence-electron chi connectivity index (χ1n) is 6.80. The number of halogens is 5. The summed E-state index contributed by atoms with van der Waals surface area (Å²) >= 11 is 0. The van der Waals surface area contributed by atoms with Crippen molar-refractivity contribution < 1.29 is 35.1 Å². The summed E-state index contributed by atoms with van der Waals surface area (Å²) in [6.45, 7) is -1.68. The normalized spacial score (nSPS) is 12.2. The van der Waals surface area contributed by atoms with E-state index in [9.17, 15) is 30.4 Å². The van der Waals surface area contributed by atoms with Crippen molar-refractivity contribution in [2.45, 2.75) is 17.6 Å². The summed E-state index contributed by atoms with van der Waals surface area (Å²) in [4.78, 5) is -0.709. The van der Waals surface area contributed by atoms with Crippen LogP contribution in [0.15, 0.2) is 47.4 Å². The van der Waals surface area contributed by atoms with Crippen molar-refractivity contribution in [3.05, 3.63) is 59.7 Å². The van der Waals surface area contributed by atoms with Gasteiger partial charge in [0.2, 0.25) is 10.0 Å². The summed E-state index contributed by atoms with van der Waals surface area (Å²) in [6, 6.07) is 7.25. The molecule has 2 rings (SSSR count). The van der Waals surface area contributed by atoms with Crippen LogP contribution in [0.5, 0.6) is 5.75 Å². The summed E-state index contributed by atoms with van der Waals surface area (Å²) in [7, 11) is -4.22. The Morgan fingerprint density at radius 2 is 1.64 bits per heavy atom. The lowest BCUT2D eigenvalue weighted by atomic mass is 10.2. The van der Waals surface area contributed by atoms with Gasteiger partial charge in [-0.25, -0.2) is 21.9 Å². The highest BCUT2D eigenvalue weighted by atomic mass is 32.2. The van der Waals surface area contributed by atoms with Gasteiger partial charge in [-0.15, -0.1) is 0 Å².